The summed E-state index contributed by atoms with van der Waals surface area (Å²) in [6.07, 6.45) is 0.895. The molecule has 12 rings (SSSR count). The van der Waals surface area contributed by atoms with E-state index < -0.39 is 0 Å². The molecule has 0 radical (unpaired) electrons. The van der Waals surface area contributed by atoms with Crippen LogP contribution in [0.5, 0.6) is 0 Å². The van der Waals surface area contributed by atoms with Crippen LogP contribution in [0, 0.1) is 0 Å². The fourth-order valence-corrected chi connectivity index (χ4v) is 10.4. The standard InChI is InChI=1S/C61H48N2O/c1-38(2)40-27-31-43(32-28-40)62(56-24-13-22-46-45-16-6-5-15-42(45)35-55(46)56)58-36-53-48-18-8-10-20-50(48)59(37-54(53)47-17-7-9-19-49(47)58)63(44-33-29-41(30-34-44)39(3)4)57-25-14-23-52-51-21-11-12-26-60(51)64-61(52)57/h5-34,36-39H,35H2,1-4H3. The van der Waals surface area contributed by atoms with Crippen molar-refractivity contribution in [1.29, 1.82) is 0 Å². The van der Waals surface area contributed by atoms with Gasteiger partial charge in [0.1, 0.15) is 5.58 Å². The van der Waals surface area contributed by atoms with Gasteiger partial charge in [0.15, 0.2) is 5.58 Å². The molecule has 3 heteroatoms. The first-order valence-corrected chi connectivity index (χ1v) is 22.7. The van der Waals surface area contributed by atoms with Gasteiger partial charge in [0, 0.05) is 39.3 Å². The van der Waals surface area contributed by atoms with Crippen molar-refractivity contribution in [3.63, 3.8) is 0 Å². The van der Waals surface area contributed by atoms with Crippen LogP contribution in [0.15, 0.2) is 199 Å². The zero-order valence-corrected chi connectivity index (χ0v) is 36.6. The molecule has 64 heavy (non-hydrogen) atoms. The van der Waals surface area contributed by atoms with Crippen LogP contribution in [0.2, 0.25) is 0 Å². The van der Waals surface area contributed by atoms with Crippen LogP contribution in [0.25, 0.3) is 65.4 Å². The lowest BCUT2D eigenvalue weighted by Crippen LogP contribution is -2.13. The number of nitrogens with zero attached hydrogens (tertiary/aromatic N) is 2. The third-order valence-electron chi connectivity index (χ3n) is 13.6. The van der Waals surface area contributed by atoms with E-state index in [-0.39, 0.29) is 0 Å². The molecule has 10 aromatic carbocycles. The molecule has 0 saturated carbocycles. The van der Waals surface area contributed by atoms with Crippen molar-refractivity contribution >= 4 is 88.4 Å². The number of furan rings is 1. The molecule has 0 fully saturated rings. The van der Waals surface area contributed by atoms with Crippen LogP contribution in [-0.2, 0) is 6.42 Å². The van der Waals surface area contributed by atoms with Crippen LogP contribution in [-0.4, -0.2) is 0 Å². The summed E-state index contributed by atoms with van der Waals surface area (Å²) in [5.74, 6) is 0.856. The minimum absolute atomic E-state index is 0.420. The quantitative estimate of drug-likeness (QED) is 0.142. The van der Waals surface area contributed by atoms with E-state index in [1.807, 2.05) is 0 Å². The monoisotopic (exact) mass is 824 g/mol. The number of benzene rings is 10. The molecule has 1 heterocycles. The Kier molecular flexibility index (Phi) is 8.95. The Hall–Kier alpha value is -7.62. The molecule has 308 valence electrons. The zero-order chi connectivity index (χ0) is 43.1. The summed E-state index contributed by atoms with van der Waals surface area (Å²) in [6.45, 7) is 9.04. The smallest absolute Gasteiger partial charge is 0.159 e. The molecule has 1 aliphatic rings. The summed E-state index contributed by atoms with van der Waals surface area (Å²) in [5, 5.41) is 9.41. The first-order valence-electron chi connectivity index (χ1n) is 22.7. The highest BCUT2D eigenvalue weighted by Crippen LogP contribution is 2.51. The number of anilines is 6. The lowest BCUT2D eigenvalue weighted by atomic mass is 9.92. The molecule has 11 aromatic rings. The summed E-state index contributed by atoms with van der Waals surface area (Å²) in [4.78, 5) is 4.96. The lowest BCUT2D eigenvalue weighted by Gasteiger charge is -2.31. The van der Waals surface area contributed by atoms with Crippen LogP contribution in [0.4, 0.5) is 34.1 Å². The predicted molar refractivity (Wildman–Crippen MR) is 272 cm³/mol. The van der Waals surface area contributed by atoms with Crippen molar-refractivity contribution in [2.75, 3.05) is 9.80 Å². The molecule has 0 saturated heterocycles. The zero-order valence-electron chi connectivity index (χ0n) is 36.6. The normalized spacial score (nSPS) is 12.3. The fourth-order valence-electron chi connectivity index (χ4n) is 10.4. The van der Waals surface area contributed by atoms with E-state index in [9.17, 15) is 0 Å². The molecule has 1 aromatic heterocycles. The third kappa shape index (κ3) is 6.02. The Morgan fingerprint density at radius 3 is 1.45 bits per heavy atom. The molecule has 0 bridgehead atoms. The Balaban J connectivity index is 1.15. The summed E-state index contributed by atoms with van der Waals surface area (Å²) in [7, 11) is 0. The minimum Gasteiger partial charge on any atom is -0.454 e. The van der Waals surface area contributed by atoms with Gasteiger partial charge in [-0.2, -0.15) is 0 Å². The van der Waals surface area contributed by atoms with Crippen LogP contribution < -0.4 is 9.80 Å². The van der Waals surface area contributed by atoms with Gasteiger partial charge in [-0.3, -0.25) is 0 Å². The maximum absolute atomic E-state index is 6.79. The molecular weight excluding hydrogens is 777 g/mol. The molecule has 0 atom stereocenters. The first kappa shape index (κ1) is 38.1. The molecule has 0 amide bonds. The van der Waals surface area contributed by atoms with E-state index in [0.29, 0.717) is 11.8 Å². The number of para-hydroxylation sites is 2. The maximum atomic E-state index is 6.79. The second-order valence-electron chi connectivity index (χ2n) is 18.0. The van der Waals surface area contributed by atoms with E-state index in [1.165, 1.54) is 71.4 Å². The Labute approximate surface area is 374 Å². The average molecular weight is 825 g/mol. The van der Waals surface area contributed by atoms with Gasteiger partial charge in [-0.25, -0.2) is 0 Å². The highest BCUT2D eigenvalue weighted by Gasteiger charge is 2.28. The molecule has 3 nitrogen and oxygen atoms in total. The summed E-state index contributed by atoms with van der Waals surface area (Å²) < 4.78 is 6.79. The summed E-state index contributed by atoms with van der Waals surface area (Å²) >= 11 is 0. The van der Waals surface area contributed by atoms with Crippen LogP contribution in [0.3, 0.4) is 0 Å². The lowest BCUT2D eigenvalue weighted by molar-refractivity contribution is 0.669. The van der Waals surface area contributed by atoms with Gasteiger partial charge in [-0.15, -0.1) is 0 Å². The Morgan fingerprint density at radius 2 is 0.844 bits per heavy atom. The van der Waals surface area contributed by atoms with Crippen molar-refractivity contribution in [1.82, 2.24) is 0 Å². The number of fused-ring (bicyclic) bond motifs is 11. The number of hydrogen-bond donors (Lipinski definition) is 0. The van der Waals surface area contributed by atoms with E-state index in [2.05, 4.69) is 232 Å². The number of hydrogen-bond acceptors (Lipinski definition) is 3. The SMILES string of the molecule is CC(C)c1ccc(N(c2cccc3c2Cc2ccccc2-3)c2cc3c4ccccc4c(N(c4ccc(C(C)C)cc4)c4cccc5c4oc4ccccc45)cc3c3ccccc23)cc1. The second kappa shape index (κ2) is 15.0. The average Bonchev–Trinajstić information content (AvgIpc) is 3.92. The molecule has 0 unspecified atom stereocenters. The van der Waals surface area contributed by atoms with Gasteiger partial charge in [-0.05, 0) is 121 Å². The summed E-state index contributed by atoms with van der Waals surface area (Å²) in [6, 6.07) is 71.9. The van der Waals surface area contributed by atoms with Gasteiger partial charge in [0.2, 0.25) is 0 Å². The molecule has 0 aliphatic heterocycles. The van der Waals surface area contributed by atoms with Crippen molar-refractivity contribution in [2.24, 2.45) is 0 Å². The third-order valence-corrected chi connectivity index (χ3v) is 13.6. The topological polar surface area (TPSA) is 19.6 Å². The van der Waals surface area contributed by atoms with E-state index in [1.54, 1.807) is 0 Å². The number of rotatable bonds is 8. The minimum atomic E-state index is 0.420. The first-order chi connectivity index (χ1) is 31.4. The van der Waals surface area contributed by atoms with Crippen molar-refractivity contribution in [2.45, 2.75) is 46.0 Å². The maximum Gasteiger partial charge on any atom is 0.159 e. The molecule has 0 spiro atoms. The molecule has 1 aliphatic carbocycles. The van der Waals surface area contributed by atoms with Gasteiger partial charge < -0.3 is 14.2 Å². The summed E-state index contributed by atoms with van der Waals surface area (Å²) in [5.41, 5.74) is 16.5. The molecule has 0 N–H and O–H groups in total. The van der Waals surface area contributed by atoms with Crippen molar-refractivity contribution in [3.05, 3.63) is 216 Å². The fraction of sp³-hybridized carbons (Fsp3) is 0.115. The van der Waals surface area contributed by atoms with E-state index in [0.717, 1.165) is 56.8 Å². The highest BCUT2D eigenvalue weighted by atomic mass is 16.3. The van der Waals surface area contributed by atoms with Gasteiger partial charge in [0.05, 0.1) is 22.7 Å². The van der Waals surface area contributed by atoms with Crippen molar-refractivity contribution < 1.29 is 4.42 Å². The van der Waals surface area contributed by atoms with Crippen LogP contribution >= 0.6 is 0 Å². The predicted octanol–water partition coefficient (Wildman–Crippen LogP) is 17.8. The van der Waals surface area contributed by atoms with Crippen LogP contribution in [0.1, 0.15) is 61.8 Å². The van der Waals surface area contributed by atoms with E-state index in [4.69, 9.17) is 4.42 Å². The van der Waals surface area contributed by atoms with Gasteiger partial charge >= 0.3 is 0 Å². The second-order valence-corrected chi connectivity index (χ2v) is 18.0. The van der Waals surface area contributed by atoms with Gasteiger partial charge in [-0.1, -0.05) is 167 Å². The Morgan fingerprint density at radius 1 is 0.375 bits per heavy atom. The van der Waals surface area contributed by atoms with Crippen molar-refractivity contribution in [3.8, 4) is 11.1 Å². The largest absolute Gasteiger partial charge is 0.454 e. The van der Waals surface area contributed by atoms with Gasteiger partial charge in [0.25, 0.3) is 0 Å². The van der Waals surface area contributed by atoms with E-state index >= 15 is 0 Å². The molecular formula is C61H48N2O. The Bertz CT molecular complexity index is 3600. The highest BCUT2D eigenvalue weighted by molar-refractivity contribution is 6.25.